The summed E-state index contributed by atoms with van der Waals surface area (Å²) < 4.78 is 27.0. The Bertz CT molecular complexity index is 562. The predicted octanol–water partition coefficient (Wildman–Crippen LogP) is 1.50. The molecule has 2 atom stereocenters. The molecule has 7 heteroatoms. The molecule has 1 saturated carbocycles. The average Bonchev–Trinajstić information content (AvgIpc) is 2.35. The van der Waals surface area contributed by atoms with Gasteiger partial charge in [-0.15, -0.1) is 0 Å². The van der Waals surface area contributed by atoms with Crippen LogP contribution in [-0.2, 0) is 10.0 Å². The van der Waals surface area contributed by atoms with Crippen LogP contribution >= 0.6 is 11.6 Å². The molecule has 0 saturated heterocycles. The van der Waals surface area contributed by atoms with E-state index in [1.54, 1.807) is 0 Å². The van der Waals surface area contributed by atoms with Gasteiger partial charge in [-0.2, -0.15) is 0 Å². The number of benzene rings is 1. The number of nitrogen functional groups attached to an aromatic ring is 1. The molecule has 0 heterocycles. The molecule has 0 amide bonds. The molecule has 0 bridgehead atoms. The fourth-order valence-electron chi connectivity index (χ4n) is 2.24. The van der Waals surface area contributed by atoms with Crippen molar-refractivity contribution in [3.8, 4) is 0 Å². The van der Waals surface area contributed by atoms with Crippen molar-refractivity contribution in [1.29, 1.82) is 0 Å². The van der Waals surface area contributed by atoms with Crippen molar-refractivity contribution >= 4 is 27.3 Å². The number of aliphatic hydroxyl groups is 1. The molecule has 2 rings (SSSR count). The number of anilines is 1. The van der Waals surface area contributed by atoms with Crippen LogP contribution in [0, 0.1) is 0 Å². The van der Waals surface area contributed by atoms with Crippen LogP contribution in [0.3, 0.4) is 0 Å². The van der Waals surface area contributed by atoms with Crippen molar-refractivity contribution in [3.63, 3.8) is 0 Å². The van der Waals surface area contributed by atoms with Crippen molar-refractivity contribution in [2.45, 2.75) is 42.7 Å². The van der Waals surface area contributed by atoms with E-state index in [-0.39, 0.29) is 9.92 Å². The third-order valence-electron chi connectivity index (χ3n) is 3.28. The molecule has 1 aliphatic carbocycles. The van der Waals surface area contributed by atoms with Crippen molar-refractivity contribution in [2.24, 2.45) is 0 Å². The van der Waals surface area contributed by atoms with Crippen molar-refractivity contribution < 1.29 is 13.5 Å². The fourth-order valence-corrected chi connectivity index (χ4v) is 4.08. The molecule has 1 aliphatic rings. The molecule has 1 aromatic carbocycles. The molecule has 0 aromatic heterocycles. The maximum atomic E-state index is 12.3. The van der Waals surface area contributed by atoms with E-state index in [9.17, 15) is 13.5 Å². The van der Waals surface area contributed by atoms with E-state index >= 15 is 0 Å². The van der Waals surface area contributed by atoms with Gasteiger partial charge in [0.05, 0.1) is 11.1 Å². The van der Waals surface area contributed by atoms with E-state index in [0.717, 1.165) is 12.8 Å². The number of sulfonamides is 1. The van der Waals surface area contributed by atoms with Gasteiger partial charge in [0, 0.05) is 11.7 Å². The number of rotatable bonds is 3. The lowest BCUT2D eigenvalue weighted by Crippen LogP contribution is -2.45. The highest BCUT2D eigenvalue weighted by molar-refractivity contribution is 7.89. The first kappa shape index (κ1) is 14.6. The summed E-state index contributed by atoms with van der Waals surface area (Å²) in [5, 5.41) is 9.94. The zero-order valence-electron chi connectivity index (χ0n) is 10.3. The topological polar surface area (TPSA) is 92.4 Å². The highest BCUT2D eigenvalue weighted by Crippen LogP contribution is 2.26. The third-order valence-corrected chi connectivity index (χ3v) is 5.25. The number of nitrogens with one attached hydrogen (secondary N) is 1. The molecule has 4 N–H and O–H groups in total. The molecule has 0 radical (unpaired) electrons. The second-order valence-electron chi connectivity index (χ2n) is 4.77. The molecule has 0 spiro atoms. The maximum Gasteiger partial charge on any atom is 0.242 e. The molecule has 19 heavy (non-hydrogen) atoms. The molecule has 0 unspecified atom stereocenters. The van der Waals surface area contributed by atoms with E-state index in [0.29, 0.717) is 18.5 Å². The first-order valence-corrected chi connectivity index (χ1v) is 8.02. The first-order valence-electron chi connectivity index (χ1n) is 6.15. The summed E-state index contributed by atoms with van der Waals surface area (Å²) >= 11 is 5.90. The Morgan fingerprint density at radius 1 is 1.32 bits per heavy atom. The average molecular weight is 305 g/mol. The molecule has 106 valence electrons. The molecule has 1 fully saturated rings. The minimum Gasteiger partial charge on any atom is -0.399 e. The van der Waals surface area contributed by atoms with Gasteiger partial charge in [0.25, 0.3) is 0 Å². The molecule has 1 aromatic rings. The van der Waals surface area contributed by atoms with Gasteiger partial charge in [0.15, 0.2) is 0 Å². The van der Waals surface area contributed by atoms with E-state index in [1.165, 1.54) is 18.2 Å². The van der Waals surface area contributed by atoms with Crippen LogP contribution in [0.1, 0.15) is 25.7 Å². The summed E-state index contributed by atoms with van der Waals surface area (Å²) in [5.74, 6) is 0. The van der Waals surface area contributed by atoms with Crippen molar-refractivity contribution in [3.05, 3.63) is 23.2 Å². The van der Waals surface area contributed by atoms with Crippen LogP contribution in [0.5, 0.6) is 0 Å². The zero-order valence-corrected chi connectivity index (χ0v) is 11.9. The monoisotopic (exact) mass is 304 g/mol. The van der Waals surface area contributed by atoms with Gasteiger partial charge < -0.3 is 10.8 Å². The Morgan fingerprint density at radius 3 is 2.68 bits per heavy atom. The van der Waals surface area contributed by atoms with Crippen LogP contribution in [0.2, 0.25) is 5.02 Å². The number of halogens is 1. The van der Waals surface area contributed by atoms with Gasteiger partial charge in [-0.1, -0.05) is 24.4 Å². The molecule has 5 nitrogen and oxygen atoms in total. The van der Waals surface area contributed by atoms with Gasteiger partial charge >= 0.3 is 0 Å². The Kier molecular flexibility index (Phi) is 4.35. The Morgan fingerprint density at radius 2 is 2.00 bits per heavy atom. The van der Waals surface area contributed by atoms with Crippen LogP contribution in [0.15, 0.2) is 23.1 Å². The number of nitrogens with two attached hydrogens (primary N) is 1. The highest BCUT2D eigenvalue weighted by Gasteiger charge is 2.29. The normalized spacial score (nSPS) is 24.3. The second kappa shape index (κ2) is 5.66. The summed E-state index contributed by atoms with van der Waals surface area (Å²) in [4.78, 5) is -0.0491. The van der Waals surface area contributed by atoms with Gasteiger partial charge in [0.2, 0.25) is 10.0 Å². The minimum atomic E-state index is -3.77. The summed E-state index contributed by atoms with van der Waals surface area (Å²) in [5.41, 5.74) is 5.91. The first-order chi connectivity index (χ1) is 8.90. The predicted molar refractivity (Wildman–Crippen MR) is 74.4 cm³/mol. The fraction of sp³-hybridized carbons (Fsp3) is 0.500. The largest absolute Gasteiger partial charge is 0.399 e. The molecule has 0 aliphatic heterocycles. The lowest BCUT2D eigenvalue weighted by Gasteiger charge is -2.28. The Balaban J connectivity index is 2.24. The lowest BCUT2D eigenvalue weighted by atomic mass is 9.93. The van der Waals surface area contributed by atoms with Crippen LogP contribution in [-0.4, -0.2) is 25.7 Å². The van der Waals surface area contributed by atoms with Gasteiger partial charge in [-0.05, 0) is 31.0 Å². The number of hydrogen-bond acceptors (Lipinski definition) is 4. The van der Waals surface area contributed by atoms with E-state index < -0.39 is 22.2 Å². The van der Waals surface area contributed by atoms with Gasteiger partial charge in [-0.25, -0.2) is 13.1 Å². The van der Waals surface area contributed by atoms with Gasteiger partial charge in [0.1, 0.15) is 4.90 Å². The van der Waals surface area contributed by atoms with Crippen LogP contribution in [0.25, 0.3) is 0 Å². The van der Waals surface area contributed by atoms with Crippen molar-refractivity contribution in [2.75, 3.05) is 5.73 Å². The Hall–Kier alpha value is -0.820. The van der Waals surface area contributed by atoms with Crippen LogP contribution in [0.4, 0.5) is 5.69 Å². The SMILES string of the molecule is Nc1ccc(Cl)c(S(=O)(=O)N[C@@H]2CCCC[C@H]2O)c1. The highest BCUT2D eigenvalue weighted by atomic mass is 35.5. The smallest absolute Gasteiger partial charge is 0.242 e. The summed E-state index contributed by atoms with van der Waals surface area (Å²) in [7, 11) is -3.77. The van der Waals surface area contributed by atoms with Crippen LogP contribution < -0.4 is 10.5 Å². The Labute approximate surface area is 117 Å². The third kappa shape index (κ3) is 3.39. The maximum absolute atomic E-state index is 12.3. The zero-order chi connectivity index (χ0) is 14.0. The standard InChI is InChI=1S/C12H17ClN2O3S/c13-9-6-5-8(14)7-12(9)19(17,18)15-10-3-1-2-4-11(10)16/h5-7,10-11,15-16H,1-4,14H2/t10-,11-/m1/s1. The second-order valence-corrected chi connectivity index (χ2v) is 6.86. The summed E-state index contributed by atoms with van der Waals surface area (Å²) in [6.07, 6.45) is 2.40. The summed E-state index contributed by atoms with van der Waals surface area (Å²) in [6.45, 7) is 0. The van der Waals surface area contributed by atoms with E-state index in [4.69, 9.17) is 17.3 Å². The minimum absolute atomic E-state index is 0.0491. The lowest BCUT2D eigenvalue weighted by molar-refractivity contribution is 0.101. The molecular formula is C12H17ClN2O3S. The summed E-state index contributed by atoms with van der Waals surface area (Å²) in [6, 6.07) is 3.84. The van der Waals surface area contributed by atoms with Crippen molar-refractivity contribution in [1.82, 2.24) is 4.72 Å². The number of aliphatic hydroxyl groups excluding tert-OH is 1. The molecular weight excluding hydrogens is 288 g/mol. The number of hydrogen-bond donors (Lipinski definition) is 3. The van der Waals surface area contributed by atoms with E-state index in [1.807, 2.05) is 0 Å². The van der Waals surface area contributed by atoms with E-state index in [2.05, 4.69) is 4.72 Å². The van der Waals surface area contributed by atoms with Gasteiger partial charge in [-0.3, -0.25) is 0 Å². The quantitative estimate of drug-likeness (QED) is 0.738.